The summed E-state index contributed by atoms with van der Waals surface area (Å²) >= 11 is 0. The van der Waals surface area contributed by atoms with E-state index < -0.39 is 27.3 Å². The van der Waals surface area contributed by atoms with Gasteiger partial charge in [-0.05, 0) is 67.9 Å². The third kappa shape index (κ3) is 6.05. The summed E-state index contributed by atoms with van der Waals surface area (Å²) in [5.41, 5.74) is 1.52. The second kappa shape index (κ2) is 10.5. The molecule has 37 heavy (non-hydrogen) atoms. The van der Waals surface area contributed by atoms with Crippen molar-refractivity contribution in [2.75, 3.05) is 25.4 Å². The largest absolute Gasteiger partial charge is 0.416 e. The third-order valence-corrected chi connectivity index (χ3v) is 8.94. The smallest absolute Gasteiger partial charge is 0.396 e. The Labute approximate surface area is 214 Å². The number of aliphatic hydroxyl groups is 1. The van der Waals surface area contributed by atoms with Crippen LogP contribution in [0.5, 0.6) is 0 Å². The third-order valence-electron chi connectivity index (χ3n) is 7.07. The highest BCUT2D eigenvalue weighted by Crippen LogP contribution is 2.33. The van der Waals surface area contributed by atoms with Crippen LogP contribution in [0.3, 0.4) is 0 Å². The van der Waals surface area contributed by atoms with Gasteiger partial charge in [-0.15, -0.1) is 0 Å². The van der Waals surface area contributed by atoms with Crippen molar-refractivity contribution in [3.05, 3.63) is 70.3 Å². The molecular formula is C26H30F3N3O4S. The second-order valence-corrected chi connectivity index (χ2v) is 11.7. The van der Waals surface area contributed by atoms with Gasteiger partial charge in [0.1, 0.15) is 11.4 Å². The zero-order valence-corrected chi connectivity index (χ0v) is 21.3. The number of sulfonamides is 1. The van der Waals surface area contributed by atoms with E-state index in [1.807, 2.05) is 25.1 Å². The van der Waals surface area contributed by atoms with Gasteiger partial charge in [-0.1, -0.05) is 30.3 Å². The maximum atomic E-state index is 13.0. The molecule has 0 radical (unpaired) electrons. The first-order chi connectivity index (χ1) is 17.4. The van der Waals surface area contributed by atoms with E-state index in [0.717, 1.165) is 35.2 Å². The molecule has 0 aromatic heterocycles. The second-order valence-electron chi connectivity index (χ2n) is 9.57. The van der Waals surface area contributed by atoms with Crippen molar-refractivity contribution in [1.29, 1.82) is 0 Å². The van der Waals surface area contributed by atoms with E-state index in [1.165, 1.54) is 16.4 Å². The minimum absolute atomic E-state index is 0.0525. The number of piperidine rings is 1. The molecule has 1 spiro atoms. The molecule has 2 N–H and O–H groups in total. The van der Waals surface area contributed by atoms with Crippen molar-refractivity contribution in [3.8, 4) is 0 Å². The normalized spacial score (nSPS) is 18.2. The van der Waals surface area contributed by atoms with Gasteiger partial charge in [0, 0.05) is 25.3 Å². The Morgan fingerprint density at radius 2 is 1.76 bits per heavy atom. The first-order valence-corrected chi connectivity index (χ1v) is 13.8. The van der Waals surface area contributed by atoms with Crippen LogP contribution in [0.2, 0.25) is 0 Å². The van der Waals surface area contributed by atoms with E-state index >= 15 is 0 Å². The average molecular weight is 538 g/mol. The minimum atomic E-state index is -4.46. The van der Waals surface area contributed by atoms with Crippen LogP contribution in [0.4, 0.5) is 13.2 Å². The number of benzene rings is 2. The summed E-state index contributed by atoms with van der Waals surface area (Å²) in [7, 11) is -3.56. The summed E-state index contributed by atoms with van der Waals surface area (Å²) in [6.45, 7) is 2.34. The maximum Gasteiger partial charge on any atom is 0.416 e. The summed E-state index contributed by atoms with van der Waals surface area (Å²) in [6, 6.07) is 10.3. The number of hydrogen-bond acceptors (Lipinski definition) is 5. The molecular weight excluding hydrogens is 507 g/mol. The van der Waals surface area contributed by atoms with Crippen molar-refractivity contribution in [2.24, 2.45) is 4.99 Å². The van der Waals surface area contributed by atoms with Crippen LogP contribution in [-0.2, 0) is 33.8 Å². The van der Waals surface area contributed by atoms with Crippen molar-refractivity contribution >= 4 is 21.8 Å². The number of amidine groups is 1. The molecule has 1 saturated heterocycles. The number of alkyl halides is 3. The zero-order valence-electron chi connectivity index (χ0n) is 20.5. The van der Waals surface area contributed by atoms with E-state index in [0.29, 0.717) is 18.4 Å². The van der Waals surface area contributed by atoms with Crippen LogP contribution in [0.1, 0.15) is 47.1 Å². The van der Waals surface area contributed by atoms with E-state index in [2.05, 4.69) is 10.3 Å². The predicted molar refractivity (Wildman–Crippen MR) is 134 cm³/mol. The van der Waals surface area contributed by atoms with Gasteiger partial charge in [0.2, 0.25) is 10.0 Å². The fourth-order valence-electron chi connectivity index (χ4n) is 4.79. The van der Waals surface area contributed by atoms with Crippen molar-refractivity contribution in [3.63, 3.8) is 0 Å². The zero-order chi connectivity index (χ0) is 26.8. The van der Waals surface area contributed by atoms with Crippen molar-refractivity contribution in [1.82, 2.24) is 9.62 Å². The van der Waals surface area contributed by atoms with Crippen LogP contribution in [0.25, 0.3) is 0 Å². The van der Waals surface area contributed by atoms with Crippen LogP contribution in [-0.4, -0.2) is 60.6 Å². The molecule has 0 unspecified atom stereocenters. The van der Waals surface area contributed by atoms with Gasteiger partial charge in [-0.2, -0.15) is 13.2 Å². The summed E-state index contributed by atoms with van der Waals surface area (Å²) in [5.74, 6) is -0.215. The van der Waals surface area contributed by atoms with Crippen LogP contribution < -0.4 is 5.32 Å². The lowest BCUT2D eigenvalue weighted by Gasteiger charge is -2.34. The van der Waals surface area contributed by atoms with Gasteiger partial charge in [-0.3, -0.25) is 9.79 Å². The van der Waals surface area contributed by atoms with Crippen LogP contribution in [0, 0.1) is 6.92 Å². The number of carbonyl (C=O) groups excluding carboxylic acids is 1. The standard InChI is InChI=1S/C26H30F3N3O4S/c1-18-17-19(3-2-15-33)4-5-20(18)10-16-37(35,36)32-13-11-25(12-14-32)24(34)30-23(31-25)21-6-8-22(9-7-21)26(27,28)29/h4-9,17,33H,2-3,10-16H2,1H3,(H,30,31,34). The van der Waals surface area contributed by atoms with Gasteiger partial charge in [0.05, 0.1) is 11.3 Å². The molecule has 2 aromatic rings. The number of carbonyl (C=O) groups is 1. The van der Waals surface area contributed by atoms with Gasteiger partial charge in [-0.25, -0.2) is 12.7 Å². The first-order valence-electron chi connectivity index (χ1n) is 12.2. The first kappa shape index (κ1) is 27.3. The van der Waals surface area contributed by atoms with Crippen LogP contribution in [0.15, 0.2) is 47.5 Å². The van der Waals surface area contributed by atoms with Crippen LogP contribution >= 0.6 is 0 Å². The Morgan fingerprint density at radius 1 is 1.08 bits per heavy atom. The van der Waals surface area contributed by atoms with Gasteiger partial charge < -0.3 is 10.4 Å². The lowest BCUT2D eigenvalue weighted by Crippen LogP contribution is -2.50. The summed E-state index contributed by atoms with van der Waals surface area (Å²) in [6.07, 6.45) is -2.25. The number of rotatable bonds is 8. The maximum absolute atomic E-state index is 13.0. The SMILES string of the molecule is Cc1cc(CCCO)ccc1CCS(=O)(=O)N1CCC2(CC1)N=C(c1ccc(C(F)(F)F)cc1)NC2=O. The molecule has 0 atom stereocenters. The van der Waals surface area contributed by atoms with E-state index in [1.54, 1.807) is 0 Å². The molecule has 1 fully saturated rings. The molecule has 11 heteroatoms. The fraction of sp³-hybridized carbons (Fsp3) is 0.462. The van der Waals surface area contributed by atoms with Crippen molar-refractivity contribution in [2.45, 2.75) is 50.7 Å². The Morgan fingerprint density at radius 3 is 2.35 bits per heavy atom. The topological polar surface area (TPSA) is 99.1 Å². The lowest BCUT2D eigenvalue weighted by atomic mass is 9.89. The number of nitrogens with one attached hydrogen (secondary N) is 1. The summed E-state index contributed by atoms with van der Waals surface area (Å²) in [4.78, 5) is 17.3. The Balaban J connectivity index is 1.38. The van der Waals surface area contributed by atoms with E-state index in [-0.39, 0.29) is 50.0 Å². The molecule has 0 aliphatic carbocycles. The number of aryl methyl sites for hydroxylation is 3. The molecule has 2 aromatic carbocycles. The summed E-state index contributed by atoms with van der Waals surface area (Å²) in [5, 5.41) is 11.7. The van der Waals surface area contributed by atoms with Gasteiger partial charge in [0.25, 0.3) is 5.91 Å². The molecule has 0 bridgehead atoms. The molecule has 2 aliphatic heterocycles. The number of halogens is 3. The fourth-order valence-corrected chi connectivity index (χ4v) is 6.26. The highest BCUT2D eigenvalue weighted by Gasteiger charge is 2.47. The van der Waals surface area contributed by atoms with Gasteiger partial charge >= 0.3 is 6.18 Å². The average Bonchev–Trinajstić information content (AvgIpc) is 3.17. The molecule has 200 valence electrons. The highest BCUT2D eigenvalue weighted by molar-refractivity contribution is 7.89. The molecule has 2 heterocycles. The van der Waals surface area contributed by atoms with Gasteiger partial charge in [0.15, 0.2) is 0 Å². The number of aliphatic imine (C=N–C) groups is 1. The molecule has 7 nitrogen and oxygen atoms in total. The van der Waals surface area contributed by atoms with E-state index in [9.17, 15) is 26.4 Å². The molecule has 1 amide bonds. The number of amides is 1. The Hall–Kier alpha value is -2.76. The molecule has 0 saturated carbocycles. The number of aliphatic hydroxyl groups excluding tert-OH is 1. The quantitative estimate of drug-likeness (QED) is 0.540. The molecule has 2 aliphatic rings. The van der Waals surface area contributed by atoms with Crippen molar-refractivity contribution < 1.29 is 31.5 Å². The summed E-state index contributed by atoms with van der Waals surface area (Å²) < 4.78 is 66.0. The highest BCUT2D eigenvalue weighted by atomic mass is 32.2. The molecule has 4 rings (SSSR count). The minimum Gasteiger partial charge on any atom is -0.396 e. The monoisotopic (exact) mass is 537 g/mol. The number of nitrogens with zero attached hydrogens (tertiary/aromatic N) is 2. The predicted octanol–water partition coefficient (Wildman–Crippen LogP) is 3.22. The van der Waals surface area contributed by atoms with E-state index in [4.69, 9.17) is 5.11 Å². The lowest BCUT2D eigenvalue weighted by molar-refractivity contribution is -0.137. The Kier molecular flexibility index (Phi) is 7.77. The Bertz CT molecular complexity index is 1280. The number of hydrogen-bond donors (Lipinski definition) is 2.